The van der Waals surface area contributed by atoms with E-state index < -0.39 is 0 Å². The fourth-order valence-corrected chi connectivity index (χ4v) is 2.77. The van der Waals surface area contributed by atoms with E-state index in [1.165, 1.54) is 0 Å². The molecule has 0 fully saturated rings. The van der Waals surface area contributed by atoms with Gasteiger partial charge < -0.3 is 15.2 Å². The van der Waals surface area contributed by atoms with Crippen LogP contribution in [0, 0.1) is 0 Å². The van der Waals surface area contributed by atoms with Crippen LogP contribution < -0.4 is 5.32 Å². The molecule has 0 aliphatic rings. The van der Waals surface area contributed by atoms with E-state index in [1.807, 2.05) is 68.8 Å². The molecule has 0 aliphatic carbocycles. The number of carbonyl (C=O) groups excluding carboxylic acids is 1. The van der Waals surface area contributed by atoms with Gasteiger partial charge in [-0.25, -0.2) is 0 Å². The Balaban J connectivity index is 1.75. The Morgan fingerprint density at radius 2 is 1.78 bits per heavy atom. The maximum absolute atomic E-state index is 12.4. The predicted molar refractivity (Wildman–Crippen MR) is 94.5 cm³/mol. The molecule has 0 bridgehead atoms. The molecule has 1 amide bonds. The van der Waals surface area contributed by atoms with E-state index in [2.05, 4.69) is 15.2 Å². The highest BCUT2D eigenvalue weighted by Gasteiger charge is 2.11. The normalized spacial score (nSPS) is 11.1. The van der Waals surface area contributed by atoms with E-state index in [-0.39, 0.29) is 5.91 Å². The Kier molecular flexibility index (Phi) is 4.44. The summed E-state index contributed by atoms with van der Waals surface area (Å²) in [4.78, 5) is 17.7. The Morgan fingerprint density at radius 3 is 2.61 bits per heavy atom. The van der Waals surface area contributed by atoms with Crippen molar-refractivity contribution in [2.75, 3.05) is 19.4 Å². The molecule has 0 radical (unpaired) electrons. The van der Waals surface area contributed by atoms with Gasteiger partial charge in [-0.05, 0) is 37.4 Å². The smallest absolute Gasteiger partial charge is 0.228 e. The number of anilines is 1. The van der Waals surface area contributed by atoms with Crippen LogP contribution in [-0.4, -0.2) is 29.9 Å². The molecular formula is C19H21N3O. The Bertz CT molecular complexity index is 820. The minimum absolute atomic E-state index is 0.000888. The van der Waals surface area contributed by atoms with Crippen LogP contribution in [0.15, 0.2) is 54.7 Å². The van der Waals surface area contributed by atoms with Gasteiger partial charge in [-0.15, -0.1) is 0 Å². The van der Waals surface area contributed by atoms with Gasteiger partial charge in [0.15, 0.2) is 0 Å². The van der Waals surface area contributed by atoms with Crippen molar-refractivity contribution in [1.29, 1.82) is 0 Å². The lowest BCUT2D eigenvalue weighted by Gasteiger charge is -2.14. The largest absolute Gasteiger partial charge is 0.361 e. The lowest BCUT2D eigenvalue weighted by atomic mass is 10.1. The molecule has 3 aromatic rings. The molecule has 1 heterocycles. The fraction of sp³-hybridized carbons (Fsp3) is 0.211. The quantitative estimate of drug-likeness (QED) is 0.759. The second-order valence-corrected chi connectivity index (χ2v) is 5.98. The number of benzene rings is 2. The minimum atomic E-state index is 0.000888. The molecule has 23 heavy (non-hydrogen) atoms. The first-order valence-corrected chi connectivity index (χ1v) is 7.71. The third-order valence-electron chi connectivity index (χ3n) is 3.80. The zero-order valence-electron chi connectivity index (χ0n) is 13.5. The summed E-state index contributed by atoms with van der Waals surface area (Å²) in [6.45, 7) is 0.795. The molecule has 118 valence electrons. The summed E-state index contributed by atoms with van der Waals surface area (Å²) in [7, 11) is 4.04. The lowest BCUT2D eigenvalue weighted by Crippen LogP contribution is -2.18. The Labute approximate surface area is 136 Å². The van der Waals surface area contributed by atoms with Gasteiger partial charge in [-0.2, -0.15) is 0 Å². The molecule has 0 aliphatic heterocycles. The zero-order chi connectivity index (χ0) is 16.2. The highest BCUT2D eigenvalue weighted by Crippen LogP contribution is 2.20. The molecule has 0 atom stereocenters. The van der Waals surface area contributed by atoms with Crippen molar-refractivity contribution in [3.05, 3.63) is 65.9 Å². The topological polar surface area (TPSA) is 48.1 Å². The van der Waals surface area contributed by atoms with Gasteiger partial charge >= 0.3 is 0 Å². The van der Waals surface area contributed by atoms with Gasteiger partial charge in [0.1, 0.15) is 0 Å². The van der Waals surface area contributed by atoms with Gasteiger partial charge in [-0.3, -0.25) is 4.79 Å². The number of nitrogens with zero attached hydrogens (tertiary/aromatic N) is 1. The van der Waals surface area contributed by atoms with Crippen molar-refractivity contribution in [3.8, 4) is 0 Å². The number of H-pyrrole nitrogens is 1. The lowest BCUT2D eigenvalue weighted by molar-refractivity contribution is -0.115. The summed E-state index contributed by atoms with van der Waals surface area (Å²) in [6.07, 6.45) is 2.27. The van der Waals surface area contributed by atoms with Crippen molar-refractivity contribution in [2.24, 2.45) is 0 Å². The van der Waals surface area contributed by atoms with Crippen molar-refractivity contribution in [3.63, 3.8) is 0 Å². The van der Waals surface area contributed by atoms with Crippen molar-refractivity contribution in [2.45, 2.75) is 13.0 Å². The van der Waals surface area contributed by atoms with E-state index in [0.717, 1.165) is 34.3 Å². The van der Waals surface area contributed by atoms with E-state index in [9.17, 15) is 4.79 Å². The molecule has 0 saturated heterocycles. The van der Waals surface area contributed by atoms with Crippen LogP contribution in [0.3, 0.4) is 0 Å². The summed E-state index contributed by atoms with van der Waals surface area (Å²) in [5, 5.41) is 4.14. The van der Waals surface area contributed by atoms with Gasteiger partial charge in [0.2, 0.25) is 5.91 Å². The SMILES string of the molecule is CN(C)Cc1ccccc1NC(=O)Cc1c[nH]c2ccccc12. The van der Waals surface area contributed by atoms with Crippen LogP contribution in [0.4, 0.5) is 5.69 Å². The first-order valence-electron chi connectivity index (χ1n) is 7.71. The number of rotatable bonds is 5. The maximum atomic E-state index is 12.4. The third-order valence-corrected chi connectivity index (χ3v) is 3.80. The summed E-state index contributed by atoms with van der Waals surface area (Å²) in [5.41, 5.74) is 4.07. The third kappa shape index (κ3) is 3.60. The Hall–Kier alpha value is -2.59. The number of para-hydroxylation sites is 2. The van der Waals surface area contributed by atoms with Crippen LogP contribution in [0.1, 0.15) is 11.1 Å². The van der Waals surface area contributed by atoms with E-state index in [4.69, 9.17) is 0 Å². The molecule has 2 N–H and O–H groups in total. The summed E-state index contributed by atoms with van der Waals surface area (Å²) in [6, 6.07) is 16.0. The summed E-state index contributed by atoms with van der Waals surface area (Å²) in [5.74, 6) is 0.000888. The van der Waals surface area contributed by atoms with Crippen LogP contribution in [0.25, 0.3) is 10.9 Å². The molecule has 0 saturated carbocycles. The number of nitrogens with one attached hydrogen (secondary N) is 2. The maximum Gasteiger partial charge on any atom is 0.228 e. The average molecular weight is 307 g/mol. The monoisotopic (exact) mass is 307 g/mol. The standard InChI is InChI=1S/C19H21N3O/c1-22(2)13-14-7-3-5-9-17(14)21-19(23)11-15-12-20-18-10-6-4-8-16(15)18/h3-10,12,20H,11,13H2,1-2H3,(H,21,23). The van der Waals surface area contributed by atoms with Gasteiger partial charge in [0.25, 0.3) is 0 Å². The number of aromatic nitrogens is 1. The summed E-state index contributed by atoms with van der Waals surface area (Å²) < 4.78 is 0. The van der Waals surface area contributed by atoms with E-state index >= 15 is 0 Å². The fourth-order valence-electron chi connectivity index (χ4n) is 2.77. The number of hydrogen-bond acceptors (Lipinski definition) is 2. The van der Waals surface area contributed by atoms with Gasteiger partial charge in [-0.1, -0.05) is 36.4 Å². The van der Waals surface area contributed by atoms with E-state index in [1.54, 1.807) is 0 Å². The molecule has 1 aromatic heterocycles. The molecule has 0 unspecified atom stereocenters. The number of amides is 1. The predicted octanol–water partition coefficient (Wildman–Crippen LogP) is 3.41. The molecule has 2 aromatic carbocycles. The molecule has 0 spiro atoms. The highest BCUT2D eigenvalue weighted by molar-refractivity contribution is 5.96. The zero-order valence-corrected chi connectivity index (χ0v) is 13.5. The number of fused-ring (bicyclic) bond motifs is 1. The molecular weight excluding hydrogens is 286 g/mol. The van der Waals surface area contributed by atoms with Crippen molar-refractivity contribution < 1.29 is 4.79 Å². The molecule has 4 heteroatoms. The van der Waals surface area contributed by atoms with Crippen LogP contribution in [-0.2, 0) is 17.8 Å². The Morgan fingerprint density at radius 1 is 1.04 bits per heavy atom. The number of carbonyl (C=O) groups is 1. The second-order valence-electron chi connectivity index (χ2n) is 5.98. The summed E-state index contributed by atoms with van der Waals surface area (Å²) >= 11 is 0. The average Bonchev–Trinajstić information content (AvgIpc) is 2.92. The van der Waals surface area contributed by atoms with Crippen LogP contribution >= 0.6 is 0 Å². The van der Waals surface area contributed by atoms with Crippen LogP contribution in [0.2, 0.25) is 0 Å². The molecule has 4 nitrogen and oxygen atoms in total. The van der Waals surface area contributed by atoms with E-state index in [0.29, 0.717) is 6.42 Å². The first-order chi connectivity index (χ1) is 11.1. The highest BCUT2D eigenvalue weighted by atomic mass is 16.1. The first kappa shape index (κ1) is 15.3. The van der Waals surface area contributed by atoms with Crippen LogP contribution in [0.5, 0.6) is 0 Å². The minimum Gasteiger partial charge on any atom is -0.361 e. The second kappa shape index (κ2) is 6.67. The van der Waals surface area contributed by atoms with Crippen molar-refractivity contribution >= 4 is 22.5 Å². The van der Waals surface area contributed by atoms with Crippen molar-refractivity contribution in [1.82, 2.24) is 9.88 Å². The number of hydrogen-bond donors (Lipinski definition) is 2. The number of aromatic amines is 1. The van der Waals surface area contributed by atoms with Gasteiger partial charge in [0.05, 0.1) is 6.42 Å². The molecule has 3 rings (SSSR count). The van der Waals surface area contributed by atoms with Gasteiger partial charge in [0, 0.05) is 29.3 Å².